The van der Waals surface area contributed by atoms with Crippen LogP contribution < -0.4 is 5.32 Å². The maximum Gasteiger partial charge on any atom is 0.0645 e. The van der Waals surface area contributed by atoms with Crippen LogP contribution in [0.2, 0.25) is 0 Å². The van der Waals surface area contributed by atoms with Crippen LogP contribution >= 0.6 is 0 Å². The normalized spacial score (nSPS) is 19.1. The van der Waals surface area contributed by atoms with E-state index in [1.165, 1.54) is 18.4 Å². The summed E-state index contributed by atoms with van der Waals surface area (Å²) < 4.78 is 7.36. The molecule has 0 amide bonds. The molecule has 1 aliphatic heterocycles. The smallest absolute Gasteiger partial charge is 0.0645 e. The molecule has 1 aliphatic rings. The molecule has 3 rings (SSSR count). The fourth-order valence-corrected chi connectivity index (χ4v) is 2.58. The number of rotatable bonds is 5. The molecule has 0 saturated carbocycles. The van der Waals surface area contributed by atoms with Gasteiger partial charge in [0.25, 0.3) is 0 Å². The first-order chi connectivity index (χ1) is 9.92. The van der Waals surface area contributed by atoms with Gasteiger partial charge in [-0.15, -0.1) is 0 Å². The first-order valence-corrected chi connectivity index (χ1v) is 7.29. The van der Waals surface area contributed by atoms with E-state index in [4.69, 9.17) is 4.74 Å². The minimum atomic E-state index is 0.673. The van der Waals surface area contributed by atoms with Gasteiger partial charge in [0.15, 0.2) is 0 Å². The Balaban J connectivity index is 1.48. The van der Waals surface area contributed by atoms with Crippen molar-refractivity contribution < 1.29 is 4.74 Å². The maximum atomic E-state index is 5.49. The molecule has 106 valence electrons. The zero-order valence-corrected chi connectivity index (χ0v) is 11.7. The van der Waals surface area contributed by atoms with Gasteiger partial charge in [-0.2, -0.15) is 5.10 Å². The molecule has 2 aromatic rings. The third kappa shape index (κ3) is 3.46. The van der Waals surface area contributed by atoms with Gasteiger partial charge in [0, 0.05) is 32.1 Å². The topological polar surface area (TPSA) is 39.1 Å². The van der Waals surface area contributed by atoms with E-state index in [1.807, 2.05) is 16.9 Å². The Kier molecular flexibility index (Phi) is 4.46. The number of nitrogens with one attached hydrogen (secondary N) is 1. The summed E-state index contributed by atoms with van der Waals surface area (Å²) in [4.78, 5) is 0. The Morgan fingerprint density at radius 1 is 1.30 bits per heavy atom. The van der Waals surface area contributed by atoms with Gasteiger partial charge in [-0.25, -0.2) is 4.68 Å². The number of ether oxygens (including phenoxy) is 1. The summed E-state index contributed by atoms with van der Waals surface area (Å²) in [5, 5.41) is 7.75. The van der Waals surface area contributed by atoms with Crippen molar-refractivity contribution in [2.45, 2.75) is 19.4 Å². The van der Waals surface area contributed by atoms with Crippen molar-refractivity contribution in [3.05, 3.63) is 48.3 Å². The number of nitrogens with zero attached hydrogens (tertiary/aromatic N) is 2. The maximum absolute atomic E-state index is 5.49. The number of hydrogen-bond donors (Lipinski definition) is 1. The average Bonchev–Trinajstić information content (AvgIpc) is 3.03. The summed E-state index contributed by atoms with van der Waals surface area (Å²) >= 11 is 0. The Morgan fingerprint density at radius 2 is 2.20 bits per heavy atom. The molecule has 1 saturated heterocycles. The predicted molar refractivity (Wildman–Crippen MR) is 78.8 cm³/mol. The minimum absolute atomic E-state index is 0.673. The molecule has 0 bridgehead atoms. The second-order valence-corrected chi connectivity index (χ2v) is 5.33. The van der Waals surface area contributed by atoms with Crippen LogP contribution in [-0.2, 0) is 11.3 Å². The molecule has 1 fully saturated rings. The van der Waals surface area contributed by atoms with E-state index < -0.39 is 0 Å². The quantitative estimate of drug-likeness (QED) is 0.907. The molecule has 0 spiro atoms. The van der Waals surface area contributed by atoms with Gasteiger partial charge in [-0.05, 0) is 42.5 Å². The van der Waals surface area contributed by atoms with E-state index in [2.05, 4.69) is 34.7 Å². The summed E-state index contributed by atoms with van der Waals surface area (Å²) in [7, 11) is 0. The Bertz CT molecular complexity index is 501. The second-order valence-electron chi connectivity index (χ2n) is 5.33. The molecule has 1 atom stereocenters. The van der Waals surface area contributed by atoms with Crippen LogP contribution in [-0.4, -0.2) is 29.5 Å². The van der Waals surface area contributed by atoms with E-state index in [0.29, 0.717) is 5.92 Å². The van der Waals surface area contributed by atoms with Crippen LogP contribution in [0.3, 0.4) is 0 Å². The summed E-state index contributed by atoms with van der Waals surface area (Å²) in [5.74, 6) is 0.673. The van der Waals surface area contributed by atoms with Gasteiger partial charge in [-0.3, -0.25) is 0 Å². The van der Waals surface area contributed by atoms with Crippen molar-refractivity contribution in [2.24, 2.45) is 5.92 Å². The lowest BCUT2D eigenvalue weighted by molar-refractivity contribution is 0.0547. The van der Waals surface area contributed by atoms with Crippen LogP contribution in [0.1, 0.15) is 18.4 Å². The monoisotopic (exact) mass is 271 g/mol. The fraction of sp³-hybridized carbons (Fsp3) is 0.438. The molecule has 1 aromatic carbocycles. The lowest BCUT2D eigenvalue weighted by atomic mass is 10.0. The molecule has 1 N–H and O–H groups in total. The van der Waals surface area contributed by atoms with Gasteiger partial charge < -0.3 is 10.1 Å². The first kappa shape index (κ1) is 13.3. The van der Waals surface area contributed by atoms with E-state index in [-0.39, 0.29) is 0 Å². The third-order valence-electron chi connectivity index (χ3n) is 3.72. The summed E-state index contributed by atoms with van der Waals surface area (Å²) in [6, 6.07) is 10.5. The van der Waals surface area contributed by atoms with Crippen molar-refractivity contribution >= 4 is 0 Å². The SMILES string of the molecule is c1cnn(-c2ccc(CNCC3CCCOC3)cc2)c1. The zero-order valence-electron chi connectivity index (χ0n) is 11.7. The van der Waals surface area contributed by atoms with E-state index in [1.54, 1.807) is 6.20 Å². The van der Waals surface area contributed by atoms with Crippen LogP contribution in [0.25, 0.3) is 5.69 Å². The molecular weight excluding hydrogens is 250 g/mol. The van der Waals surface area contributed by atoms with Crippen LogP contribution in [0.15, 0.2) is 42.7 Å². The van der Waals surface area contributed by atoms with Gasteiger partial charge in [-0.1, -0.05) is 12.1 Å². The van der Waals surface area contributed by atoms with E-state index in [9.17, 15) is 0 Å². The second kappa shape index (κ2) is 6.68. The Labute approximate surface area is 119 Å². The van der Waals surface area contributed by atoms with E-state index in [0.717, 1.165) is 32.0 Å². The van der Waals surface area contributed by atoms with Crippen LogP contribution in [0.4, 0.5) is 0 Å². The third-order valence-corrected chi connectivity index (χ3v) is 3.72. The summed E-state index contributed by atoms with van der Waals surface area (Å²) in [5.41, 5.74) is 2.40. The summed E-state index contributed by atoms with van der Waals surface area (Å²) in [6.45, 7) is 3.80. The fourth-order valence-electron chi connectivity index (χ4n) is 2.58. The molecule has 1 unspecified atom stereocenters. The molecule has 1 aromatic heterocycles. The van der Waals surface area contributed by atoms with Gasteiger partial charge >= 0.3 is 0 Å². The highest BCUT2D eigenvalue weighted by Gasteiger charge is 2.12. The van der Waals surface area contributed by atoms with Crippen molar-refractivity contribution in [1.82, 2.24) is 15.1 Å². The molecule has 0 aliphatic carbocycles. The van der Waals surface area contributed by atoms with Crippen LogP contribution in [0, 0.1) is 5.92 Å². The Morgan fingerprint density at radius 3 is 2.90 bits per heavy atom. The highest BCUT2D eigenvalue weighted by molar-refractivity contribution is 5.33. The van der Waals surface area contributed by atoms with Crippen LogP contribution in [0.5, 0.6) is 0 Å². The van der Waals surface area contributed by atoms with Crippen molar-refractivity contribution in [3.8, 4) is 5.69 Å². The molecule has 20 heavy (non-hydrogen) atoms. The number of benzene rings is 1. The van der Waals surface area contributed by atoms with Crippen molar-refractivity contribution in [3.63, 3.8) is 0 Å². The highest BCUT2D eigenvalue weighted by atomic mass is 16.5. The van der Waals surface area contributed by atoms with Gasteiger partial charge in [0.2, 0.25) is 0 Å². The standard InChI is InChI=1S/C16H21N3O/c1-3-15(13-20-10-1)12-17-11-14-4-6-16(7-5-14)19-9-2-8-18-19/h2,4-9,15,17H,1,3,10-13H2. The Hall–Kier alpha value is -1.65. The zero-order chi connectivity index (χ0) is 13.6. The highest BCUT2D eigenvalue weighted by Crippen LogP contribution is 2.13. The molecule has 4 nitrogen and oxygen atoms in total. The average molecular weight is 271 g/mol. The lowest BCUT2D eigenvalue weighted by Gasteiger charge is -2.22. The van der Waals surface area contributed by atoms with Gasteiger partial charge in [0.1, 0.15) is 0 Å². The summed E-state index contributed by atoms with van der Waals surface area (Å²) in [6.07, 6.45) is 6.23. The van der Waals surface area contributed by atoms with Gasteiger partial charge in [0.05, 0.1) is 12.3 Å². The number of hydrogen-bond acceptors (Lipinski definition) is 3. The van der Waals surface area contributed by atoms with E-state index >= 15 is 0 Å². The first-order valence-electron chi connectivity index (χ1n) is 7.29. The molecule has 4 heteroatoms. The lowest BCUT2D eigenvalue weighted by Crippen LogP contribution is -2.28. The van der Waals surface area contributed by atoms with Crippen molar-refractivity contribution in [1.29, 1.82) is 0 Å². The molecular formula is C16H21N3O. The number of aromatic nitrogens is 2. The molecule has 0 radical (unpaired) electrons. The minimum Gasteiger partial charge on any atom is -0.381 e. The largest absolute Gasteiger partial charge is 0.381 e. The molecule has 2 heterocycles. The predicted octanol–water partition coefficient (Wildman–Crippen LogP) is 2.39. The van der Waals surface area contributed by atoms with Crippen molar-refractivity contribution in [2.75, 3.05) is 19.8 Å².